The van der Waals surface area contributed by atoms with Crippen LogP contribution in [0, 0.1) is 5.41 Å². The largest absolute Gasteiger partial charge is 0.465 e. The number of hydrogen-bond acceptors (Lipinski definition) is 4. The van der Waals surface area contributed by atoms with Gasteiger partial charge in [0.25, 0.3) is 0 Å². The molecule has 1 aromatic carbocycles. The van der Waals surface area contributed by atoms with Crippen molar-refractivity contribution in [1.82, 2.24) is 10.2 Å². The minimum atomic E-state index is -0.312. The SMILES string of the molecule is COC(=O)c1ccc2c(c1)CCN(C(=O)C1(C)CCNCC1)C2. The fourth-order valence-electron chi connectivity index (χ4n) is 3.55. The molecule has 23 heavy (non-hydrogen) atoms. The van der Waals surface area contributed by atoms with Crippen molar-refractivity contribution in [3.8, 4) is 0 Å². The average molecular weight is 316 g/mol. The molecule has 1 fully saturated rings. The van der Waals surface area contributed by atoms with Crippen LogP contribution in [0.3, 0.4) is 0 Å². The van der Waals surface area contributed by atoms with Crippen LogP contribution in [0.25, 0.3) is 0 Å². The summed E-state index contributed by atoms with van der Waals surface area (Å²) in [6.45, 7) is 5.27. The Morgan fingerprint density at radius 3 is 2.65 bits per heavy atom. The van der Waals surface area contributed by atoms with Gasteiger partial charge in [-0.3, -0.25) is 4.79 Å². The summed E-state index contributed by atoms with van der Waals surface area (Å²) in [7, 11) is 1.39. The molecule has 0 unspecified atom stereocenters. The summed E-state index contributed by atoms with van der Waals surface area (Å²) in [4.78, 5) is 26.5. The molecule has 1 saturated heterocycles. The Bertz CT molecular complexity index is 621. The van der Waals surface area contributed by atoms with Crippen molar-refractivity contribution < 1.29 is 14.3 Å². The Labute approximate surface area is 137 Å². The number of piperidine rings is 1. The Hall–Kier alpha value is -1.88. The number of methoxy groups -OCH3 is 1. The van der Waals surface area contributed by atoms with E-state index in [0.717, 1.165) is 50.0 Å². The Balaban J connectivity index is 1.75. The third-order valence-electron chi connectivity index (χ3n) is 5.15. The molecular formula is C18H24N2O3. The van der Waals surface area contributed by atoms with Crippen molar-refractivity contribution in [3.05, 3.63) is 34.9 Å². The summed E-state index contributed by atoms with van der Waals surface area (Å²) in [6.07, 6.45) is 2.59. The van der Waals surface area contributed by atoms with Crippen LogP contribution in [0.5, 0.6) is 0 Å². The van der Waals surface area contributed by atoms with E-state index in [-0.39, 0.29) is 17.3 Å². The minimum absolute atomic E-state index is 0.241. The van der Waals surface area contributed by atoms with Gasteiger partial charge in [0, 0.05) is 18.5 Å². The topological polar surface area (TPSA) is 58.6 Å². The Morgan fingerprint density at radius 2 is 1.96 bits per heavy atom. The lowest BCUT2D eigenvalue weighted by atomic mass is 9.79. The second kappa shape index (κ2) is 6.32. The average Bonchev–Trinajstić information content (AvgIpc) is 2.60. The molecule has 1 aromatic rings. The number of hydrogen-bond donors (Lipinski definition) is 1. The Kier molecular flexibility index (Phi) is 4.39. The van der Waals surface area contributed by atoms with E-state index >= 15 is 0 Å². The van der Waals surface area contributed by atoms with Crippen LogP contribution in [-0.2, 0) is 22.5 Å². The molecule has 2 heterocycles. The lowest BCUT2D eigenvalue weighted by Crippen LogP contribution is -2.49. The van der Waals surface area contributed by atoms with E-state index in [9.17, 15) is 9.59 Å². The normalized spacial score (nSPS) is 19.8. The van der Waals surface area contributed by atoms with Gasteiger partial charge in [0.2, 0.25) is 5.91 Å². The molecule has 5 heteroatoms. The molecule has 5 nitrogen and oxygen atoms in total. The van der Waals surface area contributed by atoms with Crippen LogP contribution in [0.15, 0.2) is 18.2 Å². The van der Waals surface area contributed by atoms with E-state index in [0.29, 0.717) is 12.1 Å². The molecule has 0 bridgehead atoms. The highest BCUT2D eigenvalue weighted by molar-refractivity contribution is 5.89. The number of nitrogens with one attached hydrogen (secondary N) is 1. The molecule has 1 amide bonds. The first kappa shape index (κ1) is 16.0. The minimum Gasteiger partial charge on any atom is -0.465 e. The third kappa shape index (κ3) is 3.11. The zero-order valence-electron chi connectivity index (χ0n) is 13.9. The van der Waals surface area contributed by atoms with E-state index in [4.69, 9.17) is 4.74 Å². The maximum Gasteiger partial charge on any atom is 0.337 e. The summed E-state index contributed by atoms with van der Waals surface area (Å²) in [5.74, 6) is -0.0461. The number of nitrogens with zero attached hydrogens (tertiary/aromatic N) is 1. The van der Waals surface area contributed by atoms with Gasteiger partial charge in [-0.15, -0.1) is 0 Å². The molecule has 3 rings (SSSR count). The molecule has 0 radical (unpaired) electrons. The number of rotatable bonds is 2. The highest BCUT2D eigenvalue weighted by atomic mass is 16.5. The summed E-state index contributed by atoms with van der Waals surface area (Å²) in [5.41, 5.74) is 2.62. The smallest absolute Gasteiger partial charge is 0.337 e. The maximum atomic E-state index is 12.9. The van der Waals surface area contributed by atoms with E-state index in [1.165, 1.54) is 7.11 Å². The van der Waals surface area contributed by atoms with E-state index < -0.39 is 0 Å². The number of carbonyl (C=O) groups excluding carboxylic acids is 2. The number of benzene rings is 1. The predicted octanol–water partition coefficient (Wildman–Crippen LogP) is 1.75. The van der Waals surface area contributed by atoms with Gasteiger partial charge in [0.05, 0.1) is 12.7 Å². The summed E-state index contributed by atoms with van der Waals surface area (Å²) in [5, 5.41) is 3.32. The van der Waals surface area contributed by atoms with E-state index in [1.54, 1.807) is 6.07 Å². The molecule has 0 saturated carbocycles. The number of carbonyl (C=O) groups is 2. The van der Waals surface area contributed by atoms with Gasteiger partial charge in [0.15, 0.2) is 0 Å². The van der Waals surface area contributed by atoms with Crippen molar-refractivity contribution in [2.75, 3.05) is 26.7 Å². The van der Waals surface area contributed by atoms with Crippen LogP contribution < -0.4 is 5.32 Å². The van der Waals surface area contributed by atoms with E-state index in [2.05, 4.69) is 12.2 Å². The van der Waals surface area contributed by atoms with Gasteiger partial charge in [-0.2, -0.15) is 0 Å². The molecule has 2 aliphatic rings. The summed E-state index contributed by atoms with van der Waals surface area (Å²) in [6, 6.07) is 5.63. The quantitative estimate of drug-likeness (QED) is 0.845. The summed E-state index contributed by atoms with van der Waals surface area (Å²) < 4.78 is 4.77. The van der Waals surface area contributed by atoms with Crippen LogP contribution in [0.2, 0.25) is 0 Å². The second-order valence-corrected chi connectivity index (χ2v) is 6.76. The number of fused-ring (bicyclic) bond motifs is 1. The van der Waals surface area contributed by atoms with Crippen LogP contribution in [-0.4, -0.2) is 43.5 Å². The lowest BCUT2D eigenvalue weighted by Gasteiger charge is -2.39. The first-order chi connectivity index (χ1) is 11.0. The van der Waals surface area contributed by atoms with Crippen LogP contribution in [0.1, 0.15) is 41.3 Å². The van der Waals surface area contributed by atoms with E-state index in [1.807, 2.05) is 17.0 Å². The fourth-order valence-corrected chi connectivity index (χ4v) is 3.55. The number of amides is 1. The third-order valence-corrected chi connectivity index (χ3v) is 5.15. The first-order valence-corrected chi connectivity index (χ1v) is 8.24. The number of ether oxygens (including phenoxy) is 1. The molecule has 124 valence electrons. The Morgan fingerprint density at radius 1 is 1.22 bits per heavy atom. The monoisotopic (exact) mass is 316 g/mol. The van der Waals surface area contributed by atoms with Gasteiger partial charge in [-0.1, -0.05) is 13.0 Å². The van der Waals surface area contributed by atoms with Crippen molar-refractivity contribution in [3.63, 3.8) is 0 Å². The first-order valence-electron chi connectivity index (χ1n) is 8.24. The molecule has 0 aromatic heterocycles. The van der Waals surface area contributed by atoms with Gasteiger partial charge in [-0.05, 0) is 55.6 Å². The second-order valence-electron chi connectivity index (χ2n) is 6.76. The fraction of sp³-hybridized carbons (Fsp3) is 0.556. The van der Waals surface area contributed by atoms with Gasteiger partial charge < -0.3 is 15.0 Å². The molecule has 0 spiro atoms. The van der Waals surface area contributed by atoms with Crippen molar-refractivity contribution >= 4 is 11.9 Å². The predicted molar refractivity (Wildman–Crippen MR) is 87.1 cm³/mol. The van der Waals surface area contributed by atoms with Crippen molar-refractivity contribution in [2.45, 2.75) is 32.7 Å². The highest BCUT2D eigenvalue weighted by Crippen LogP contribution is 2.32. The molecule has 1 N–H and O–H groups in total. The standard InChI is InChI=1S/C18H24N2O3/c1-18(6-8-19-9-7-18)17(22)20-10-5-13-11-14(16(21)23-2)3-4-15(13)12-20/h3-4,11,19H,5-10,12H2,1-2H3. The van der Waals surface area contributed by atoms with Crippen LogP contribution in [0.4, 0.5) is 0 Å². The van der Waals surface area contributed by atoms with Crippen LogP contribution >= 0.6 is 0 Å². The highest BCUT2D eigenvalue weighted by Gasteiger charge is 2.38. The van der Waals surface area contributed by atoms with Crippen molar-refractivity contribution in [1.29, 1.82) is 0 Å². The molecular weight excluding hydrogens is 292 g/mol. The van der Waals surface area contributed by atoms with Gasteiger partial charge in [-0.25, -0.2) is 4.79 Å². The van der Waals surface area contributed by atoms with Gasteiger partial charge >= 0.3 is 5.97 Å². The van der Waals surface area contributed by atoms with Crippen molar-refractivity contribution in [2.24, 2.45) is 5.41 Å². The molecule has 0 atom stereocenters. The van der Waals surface area contributed by atoms with Gasteiger partial charge in [0.1, 0.15) is 0 Å². The molecule has 0 aliphatic carbocycles. The maximum absolute atomic E-state index is 12.9. The zero-order chi connectivity index (χ0) is 16.4. The molecule has 2 aliphatic heterocycles. The lowest BCUT2D eigenvalue weighted by molar-refractivity contribution is -0.143. The zero-order valence-corrected chi connectivity index (χ0v) is 13.9. The number of esters is 1. The summed E-state index contributed by atoms with van der Waals surface area (Å²) >= 11 is 0.